The number of halogens is 2. The first kappa shape index (κ1) is 18.1. The third-order valence-corrected chi connectivity index (χ3v) is 4.72. The number of hydrogen-bond acceptors (Lipinski definition) is 4. The molecule has 130 valence electrons. The van der Waals surface area contributed by atoms with Gasteiger partial charge in [0.1, 0.15) is 0 Å². The lowest BCUT2D eigenvalue weighted by Gasteiger charge is -2.15. The van der Waals surface area contributed by atoms with Crippen LogP contribution in [0.2, 0.25) is 5.02 Å². The van der Waals surface area contributed by atoms with Crippen molar-refractivity contribution in [3.05, 3.63) is 69.5 Å². The van der Waals surface area contributed by atoms with Crippen LogP contribution in [0.3, 0.4) is 0 Å². The van der Waals surface area contributed by atoms with E-state index in [0.717, 1.165) is 36.0 Å². The van der Waals surface area contributed by atoms with E-state index >= 15 is 0 Å². The molecule has 0 aliphatic carbocycles. The molecular formula is C19H19BrClN3O. The fourth-order valence-corrected chi connectivity index (χ4v) is 2.93. The van der Waals surface area contributed by atoms with Crippen LogP contribution in [0, 0.1) is 0 Å². The Morgan fingerprint density at radius 2 is 1.84 bits per heavy atom. The summed E-state index contributed by atoms with van der Waals surface area (Å²) in [6.45, 7) is 1.85. The molecule has 3 aromatic rings. The molecule has 0 saturated carbocycles. The van der Waals surface area contributed by atoms with E-state index in [1.165, 1.54) is 5.56 Å². The van der Waals surface area contributed by atoms with Crippen LogP contribution < -0.4 is 0 Å². The lowest BCUT2D eigenvalue weighted by atomic mass is 10.1. The van der Waals surface area contributed by atoms with Crippen LogP contribution in [-0.4, -0.2) is 35.2 Å². The first-order valence-electron chi connectivity index (χ1n) is 8.11. The highest BCUT2D eigenvalue weighted by Crippen LogP contribution is 2.20. The Morgan fingerprint density at radius 3 is 2.60 bits per heavy atom. The molecule has 0 N–H and O–H groups in total. The molecule has 2 aromatic carbocycles. The van der Waals surface area contributed by atoms with Gasteiger partial charge >= 0.3 is 0 Å². The molecule has 6 heteroatoms. The smallest absolute Gasteiger partial charge is 0.228 e. The summed E-state index contributed by atoms with van der Waals surface area (Å²) in [4.78, 5) is 6.72. The zero-order chi connectivity index (χ0) is 17.6. The van der Waals surface area contributed by atoms with Crippen molar-refractivity contribution in [1.82, 2.24) is 15.0 Å². The molecule has 1 aromatic heterocycles. The van der Waals surface area contributed by atoms with Crippen LogP contribution >= 0.6 is 27.5 Å². The van der Waals surface area contributed by atoms with Gasteiger partial charge in [0.2, 0.25) is 11.7 Å². The molecule has 0 radical (unpaired) electrons. The molecule has 25 heavy (non-hydrogen) atoms. The molecule has 0 saturated heterocycles. The normalized spacial score (nSPS) is 11.2. The summed E-state index contributed by atoms with van der Waals surface area (Å²) in [7, 11) is 2.10. The van der Waals surface area contributed by atoms with E-state index in [2.05, 4.69) is 62.3 Å². The largest absolute Gasteiger partial charge is 0.339 e. The topological polar surface area (TPSA) is 42.2 Å². The van der Waals surface area contributed by atoms with Crippen molar-refractivity contribution in [2.75, 3.05) is 20.1 Å². The van der Waals surface area contributed by atoms with Crippen molar-refractivity contribution in [3.63, 3.8) is 0 Å². The van der Waals surface area contributed by atoms with Crippen molar-refractivity contribution >= 4 is 27.5 Å². The number of aromatic nitrogens is 2. The monoisotopic (exact) mass is 419 g/mol. The van der Waals surface area contributed by atoms with Crippen molar-refractivity contribution in [2.24, 2.45) is 0 Å². The number of hydrogen-bond donors (Lipinski definition) is 0. The van der Waals surface area contributed by atoms with Gasteiger partial charge in [-0.1, -0.05) is 57.0 Å². The van der Waals surface area contributed by atoms with E-state index in [0.29, 0.717) is 16.7 Å². The highest BCUT2D eigenvalue weighted by atomic mass is 79.9. The van der Waals surface area contributed by atoms with Gasteiger partial charge in [-0.05, 0) is 43.3 Å². The number of rotatable bonds is 7. The van der Waals surface area contributed by atoms with Crippen LogP contribution in [0.25, 0.3) is 11.4 Å². The van der Waals surface area contributed by atoms with Crippen LogP contribution in [0.5, 0.6) is 0 Å². The van der Waals surface area contributed by atoms with Crippen LogP contribution in [-0.2, 0) is 12.8 Å². The fraction of sp³-hybridized carbons (Fsp3) is 0.263. The summed E-state index contributed by atoms with van der Waals surface area (Å²) in [5, 5.41) is 4.70. The molecule has 0 atom stereocenters. The van der Waals surface area contributed by atoms with E-state index in [-0.39, 0.29) is 0 Å². The highest BCUT2D eigenvalue weighted by Gasteiger charge is 2.10. The molecule has 0 aliphatic heterocycles. The SMILES string of the molecule is CN(CCc1ccc(Br)cc1)CCc1nc(-c2cccc(Cl)c2)no1. The molecule has 0 amide bonds. The summed E-state index contributed by atoms with van der Waals surface area (Å²) < 4.78 is 6.46. The quantitative estimate of drug-likeness (QED) is 0.547. The van der Waals surface area contributed by atoms with E-state index in [9.17, 15) is 0 Å². The minimum Gasteiger partial charge on any atom is -0.339 e. The van der Waals surface area contributed by atoms with Gasteiger partial charge in [0, 0.05) is 34.6 Å². The molecule has 0 fully saturated rings. The maximum absolute atomic E-state index is 6.00. The lowest BCUT2D eigenvalue weighted by Crippen LogP contribution is -2.23. The Labute approximate surface area is 160 Å². The summed E-state index contributed by atoms with van der Waals surface area (Å²) >= 11 is 9.46. The Kier molecular flexibility index (Phi) is 6.24. The number of nitrogens with zero attached hydrogens (tertiary/aromatic N) is 3. The first-order chi connectivity index (χ1) is 12.1. The molecule has 4 nitrogen and oxygen atoms in total. The predicted octanol–water partition coefficient (Wildman–Crippen LogP) is 4.87. The highest BCUT2D eigenvalue weighted by molar-refractivity contribution is 9.10. The molecule has 0 bridgehead atoms. The first-order valence-corrected chi connectivity index (χ1v) is 9.29. The maximum atomic E-state index is 6.00. The zero-order valence-electron chi connectivity index (χ0n) is 14.0. The van der Waals surface area contributed by atoms with E-state index in [1.807, 2.05) is 24.3 Å². The van der Waals surface area contributed by atoms with Gasteiger partial charge in [0.25, 0.3) is 0 Å². The second kappa shape index (κ2) is 8.61. The van der Waals surface area contributed by atoms with Gasteiger partial charge in [-0.2, -0.15) is 4.98 Å². The Hall–Kier alpha value is -1.69. The van der Waals surface area contributed by atoms with Crippen molar-refractivity contribution in [3.8, 4) is 11.4 Å². The van der Waals surface area contributed by atoms with Gasteiger partial charge in [-0.3, -0.25) is 0 Å². The van der Waals surface area contributed by atoms with Crippen LogP contribution in [0.1, 0.15) is 11.5 Å². The summed E-state index contributed by atoms with van der Waals surface area (Å²) in [5.74, 6) is 1.22. The lowest BCUT2D eigenvalue weighted by molar-refractivity contribution is 0.312. The van der Waals surface area contributed by atoms with Crippen molar-refractivity contribution < 1.29 is 4.52 Å². The third-order valence-electron chi connectivity index (χ3n) is 3.95. The van der Waals surface area contributed by atoms with Crippen LogP contribution in [0.15, 0.2) is 57.5 Å². The standard InChI is InChI=1S/C19H19BrClN3O/c1-24(11-9-14-5-7-16(20)8-6-14)12-10-18-22-19(23-25-18)15-3-2-4-17(21)13-15/h2-8,13H,9-12H2,1H3. The Balaban J connectivity index is 1.49. The van der Waals surface area contributed by atoms with Crippen LogP contribution in [0.4, 0.5) is 0 Å². The number of benzene rings is 2. The van der Waals surface area contributed by atoms with Gasteiger partial charge < -0.3 is 9.42 Å². The molecule has 1 heterocycles. The Morgan fingerprint density at radius 1 is 1.08 bits per heavy atom. The maximum Gasteiger partial charge on any atom is 0.228 e. The predicted molar refractivity (Wildman–Crippen MR) is 104 cm³/mol. The van der Waals surface area contributed by atoms with E-state index in [4.69, 9.17) is 16.1 Å². The average molecular weight is 421 g/mol. The zero-order valence-corrected chi connectivity index (χ0v) is 16.3. The summed E-state index contributed by atoms with van der Waals surface area (Å²) in [6, 6.07) is 15.9. The minimum atomic E-state index is 0.579. The average Bonchev–Trinajstić information content (AvgIpc) is 3.08. The van der Waals surface area contributed by atoms with Gasteiger partial charge in [0.15, 0.2) is 0 Å². The molecule has 0 aliphatic rings. The third kappa shape index (κ3) is 5.39. The van der Waals surface area contributed by atoms with Gasteiger partial charge in [0.05, 0.1) is 0 Å². The van der Waals surface area contributed by atoms with Gasteiger partial charge in [-0.15, -0.1) is 0 Å². The molecule has 0 unspecified atom stereocenters. The summed E-state index contributed by atoms with van der Waals surface area (Å²) in [5.41, 5.74) is 2.20. The molecule has 3 rings (SSSR count). The van der Waals surface area contributed by atoms with E-state index < -0.39 is 0 Å². The minimum absolute atomic E-state index is 0.579. The second-order valence-electron chi connectivity index (χ2n) is 5.95. The fourth-order valence-electron chi connectivity index (χ4n) is 2.47. The molecular weight excluding hydrogens is 402 g/mol. The van der Waals surface area contributed by atoms with E-state index in [1.54, 1.807) is 0 Å². The van der Waals surface area contributed by atoms with Crippen molar-refractivity contribution in [2.45, 2.75) is 12.8 Å². The van der Waals surface area contributed by atoms with Crippen molar-refractivity contribution in [1.29, 1.82) is 0 Å². The number of likely N-dealkylation sites (N-methyl/N-ethyl adjacent to an activating group) is 1. The second-order valence-corrected chi connectivity index (χ2v) is 7.30. The molecule has 0 spiro atoms. The Bertz CT molecular complexity index is 820. The van der Waals surface area contributed by atoms with Gasteiger partial charge in [-0.25, -0.2) is 0 Å². The summed E-state index contributed by atoms with van der Waals surface area (Å²) in [6.07, 6.45) is 1.74.